The zero-order valence-electron chi connectivity index (χ0n) is 20.4. The van der Waals surface area contributed by atoms with Crippen LogP contribution in [0.15, 0.2) is 24.3 Å². The maximum absolute atomic E-state index is 11.4. The van der Waals surface area contributed by atoms with Gasteiger partial charge < -0.3 is 5.11 Å². The van der Waals surface area contributed by atoms with Gasteiger partial charge in [0.05, 0.1) is 0 Å². The van der Waals surface area contributed by atoms with Crippen LogP contribution in [0.1, 0.15) is 75.8 Å². The molecular formula is C31H36O. The molecule has 0 aromatic heterocycles. The Labute approximate surface area is 193 Å². The number of aryl methyl sites for hydroxylation is 6. The second-order valence-corrected chi connectivity index (χ2v) is 10.3. The molecule has 2 aliphatic rings. The fourth-order valence-corrected chi connectivity index (χ4v) is 6.53. The molecule has 0 spiro atoms. The number of phenolic OH excluding ortho intramolecular Hbond substituents is 1. The molecule has 0 fully saturated rings. The van der Waals surface area contributed by atoms with Gasteiger partial charge >= 0.3 is 0 Å². The monoisotopic (exact) mass is 424 g/mol. The highest BCUT2D eigenvalue weighted by Gasteiger charge is 2.27. The number of rotatable bonds is 2. The molecular weight excluding hydrogens is 388 g/mol. The summed E-state index contributed by atoms with van der Waals surface area (Å²) in [5.41, 5.74) is 17.5. The molecule has 0 bridgehead atoms. The fraction of sp³-hybridized carbons (Fsp3) is 0.419. The van der Waals surface area contributed by atoms with E-state index in [0.717, 1.165) is 36.8 Å². The van der Waals surface area contributed by atoms with Crippen molar-refractivity contribution in [1.29, 1.82) is 0 Å². The molecule has 0 atom stereocenters. The minimum absolute atomic E-state index is 0.510. The van der Waals surface area contributed by atoms with Gasteiger partial charge in [-0.15, -0.1) is 0 Å². The van der Waals surface area contributed by atoms with Crippen molar-refractivity contribution in [3.05, 3.63) is 74.3 Å². The van der Waals surface area contributed by atoms with Gasteiger partial charge in [-0.25, -0.2) is 0 Å². The Morgan fingerprint density at radius 1 is 0.562 bits per heavy atom. The van der Waals surface area contributed by atoms with E-state index in [9.17, 15) is 5.11 Å². The van der Waals surface area contributed by atoms with Gasteiger partial charge in [0.2, 0.25) is 0 Å². The van der Waals surface area contributed by atoms with Gasteiger partial charge in [0.15, 0.2) is 0 Å². The Hall–Kier alpha value is -2.54. The molecule has 0 saturated heterocycles. The molecule has 0 amide bonds. The largest absolute Gasteiger partial charge is 0.507 e. The summed E-state index contributed by atoms with van der Waals surface area (Å²) in [6.45, 7) is 11.1. The zero-order chi connectivity index (χ0) is 22.6. The highest BCUT2D eigenvalue weighted by Crippen LogP contribution is 2.48. The number of phenols is 1. The molecule has 32 heavy (non-hydrogen) atoms. The molecule has 0 aliphatic heterocycles. The average molecular weight is 425 g/mol. The van der Waals surface area contributed by atoms with Gasteiger partial charge in [-0.3, -0.25) is 0 Å². The van der Waals surface area contributed by atoms with Crippen LogP contribution < -0.4 is 0 Å². The van der Waals surface area contributed by atoms with Crippen molar-refractivity contribution in [1.82, 2.24) is 0 Å². The molecule has 0 heterocycles. The summed E-state index contributed by atoms with van der Waals surface area (Å²) in [7, 11) is 0. The van der Waals surface area contributed by atoms with Gasteiger partial charge in [0.25, 0.3) is 0 Å². The predicted molar refractivity (Wildman–Crippen MR) is 136 cm³/mol. The summed E-state index contributed by atoms with van der Waals surface area (Å²) in [6, 6.07) is 9.35. The molecule has 0 saturated carbocycles. The minimum atomic E-state index is 0.510. The van der Waals surface area contributed by atoms with Crippen LogP contribution in [-0.2, 0) is 25.7 Å². The Morgan fingerprint density at radius 2 is 1.09 bits per heavy atom. The average Bonchev–Trinajstić information content (AvgIpc) is 2.75. The molecule has 0 unspecified atom stereocenters. The Morgan fingerprint density at radius 3 is 1.72 bits per heavy atom. The van der Waals surface area contributed by atoms with Crippen LogP contribution in [-0.4, -0.2) is 5.11 Å². The van der Waals surface area contributed by atoms with Gasteiger partial charge in [-0.2, -0.15) is 0 Å². The van der Waals surface area contributed by atoms with E-state index >= 15 is 0 Å². The zero-order valence-corrected chi connectivity index (χ0v) is 20.4. The van der Waals surface area contributed by atoms with E-state index < -0.39 is 0 Å². The summed E-state index contributed by atoms with van der Waals surface area (Å²) in [5, 5.41) is 11.4. The molecule has 1 N–H and O–H groups in total. The van der Waals surface area contributed by atoms with Gasteiger partial charge in [0.1, 0.15) is 5.75 Å². The topological polar surface area (TPSA) is 20.2 Å². The maximum atomic E-state index is 11.4. The first kappa shape index (κ1) is 21.3. The molecule has 2 aliphatic carbocycles. The van der Waals surface area contributed by atoms with E-state index in [4.69, 9.17) is 0 Å². The van der Waals surface area contributed by atoms with Gasteiger partial charge in [0, 0.05) is 5.56 Å². The van der Waals surface area contributed by atoms with Crippen molar-refractivity contribution in [3.8, 4) is 28.0 Å². The Kier molecular flexibility index (Phi) is 5.40. The van der Waals surface area contributed by atoms with Crippen LogP contribution in [0.25, 0.3) is 22.3 Å². The smallest absolute Gasteiger partial charge is 0.126 e. The lowest BCUT2D eigenvalue weighted by atomic mass is 9.75. The number of aromatic hydroxyl groups is 1. The van der Waals surface area contributed by atoms with Crippen LogP contribution in [0.2, 0.25) is 0 Å². The van der Waals surface area contributed by atoms with Crippen molar-refractivity contribution < 1.29 is 5.11 Å². The summed E-state index contributed by atoms with van der Waals surface area (Å²) in [5.74, 6) is 0.510. The molecule has 3 aromatic carbocycles. The minimum Gasteiger partial charge on any atom is -0.507 e. The van der Waals surface area contributed by atoms with Crippen LogP contribution in [0.3, 0.4) is 0 Å². The lowest BCUT2D eigenvalue weighted by Crippen LogP contribution is -2.11. The quantitative estimate of drug-likeness (QED) is 0.441. The van der Waals surface area contributed by atoms with Crippen molar-refractivity contribution >= 4 is 0 Å². The number of benzene rings is 3. The van der Waals surface area contributed by atoms with Gasteiger partial charge in [-0.1, -0.05) is 29.8 Å². The number of fused-ring (bicyclic) bond motifs is 2. The van der Waals surface area contributed by atoms with E-state index in [1.54, 1.807) is 0 Å². The third-order valence-electron chi connectivity index (χ3n) is 7.92. The van der Waals surface area contributed by atoms with Crippen LogP contribution >= 0.6 is 0 Å². The molecule has 0 radical (unpaired) electrons. The second-order valence-electron chi connectivity index (χ2n) is 10.3. The van der Waals surface area contributed by atoms with Crippen molar-refractivity contribution in [2.24, 2.45) is 0 Å². The van der Waals surface area contributed by atoms with Crippen molar-refractivity contribution in [2.75, 3.05) is 0 Å². The van der Waals surface area contributed by atoms with E-state index in [-0.39, 0.29) is 0 Å². The molecule has 1 nitrogen and oxygen atoms in total. The van der Waals surface area contributed by atoms with E-state index in [1.165, 1.54) is 86.9 Å². The summed E-state index contributed by atoms with van der Waals surface area (Å²) in [6.07, 6.45) is 9.48. The van der Waals surface area contributed by atoms with Crippen molar-refractivity contribution in [3.63, 3.8) is 0 Å². The molecule has 5 rings (SSSR count). The highest BCUT2D eigenvalue weighted by atomic mass is 16.3. The maximum Gasteiger partial charge on any atom is 0.126 e. The van der Waals surface area contributed by atoms with Crippen LogP contribution in [0.5, 0.6) is 5.75 Å². The van der Waals surface area contributed by atoms with Gasteiger partial charge in [-0.05, 0) is 147 Å². The summed E-state index contributed by atoms with van der Waals surface area (Å²) < 4.78 is 0. The normalized spacial score (nSPS) is 15.4. The lowest BCUT2D eigenvalue weighted by molar-refractivity contribution is 0.471. The van der Waals surface area contributed by atoms with E-state index in [0.29, 0.717) is 5.75 Å². The third-order valence-corrected chi connectivity index (χ3v) is 7.92. The Balaban J connectivity index is 1.88. The predicted octanol–water partition coefficient (Wildman–Crippen LogP) is 8.03. The van der Waals surface area contributed by atoms with E-state index in [2.05, 4.69) is 58.9 Å². The molecule has 3 aromatic rings. The Bertz CT molecular complexity index is 1210. The first-order valence-electron chi connectivity index (χ1n) is 12.4. The summed E-state index contributed by atoms with van der Waals surface area (Å²) >= 11 is 0. The fourth-order valence-electron chi connectivity index (χ4n) is 6.53. The third kappa shape index (κ3) is 3.38. The SMILES string of the molecule is Cc1cc(C)c(-c2cc3c(c(-c4c(O)c(C)cc5c4CCCC5)c2C)CCCC3)c(C)c1. The second kappa shape index (κ2) is 8.10. The highest BCUT2D eigenvalue weighted by molar-refractivity contribution is 5.89. The standard InChI is InChI=1S/C31H36O/c1-18-14-19(2)28(20(3)15-18)27-17-24-11-7-8-12-25(24)29(22(27)5)30-26-13-9-6-10-23(26)16-21(4)31(30)32/h14-17,32H,6-13H2,1-5H3. The molecule has 1 heteroatoms. The number of hydrogen-bond acceptors (Lipinski definition) is 1. The first-order valence-corrected chi connectivity index (χ1v) is 12.4. The van der Waals surface area contributed by atoms with E-state index in [1.807, 2.05) is 0 Å². The summed E-state index contributed by atoms with van der Waals surface area (Å²) in [4.78, 5) is 0. The lowest BCUT2D eigenvalue weighted by Gasteiger charge is -2.29. The molecule has 166 valence electrons. The van der Waals surface area contributed by atoms with Crippen molar-refractivity contribution in [2.45, 2.75) is 86.0 Å². The number of hydrogen-bond donors (Lipinski definition) is 1. The van der Waals surface area contributed by atoms with Crippen LogP contribution in [0, 0.1) is 34.6 Å². The first-order chi connectivity index (χ1) is 15.4. The van der Waals surface area contributed by atoms with Crippen LogP contribution in [0.4, 0.5) is 0 Å².